The van der Waals surface area contributed by atoms with Gasteiger partial charge in [0, 0.05) is 13.5 Å². The first-order chi connectivity index (χ1) is 5.41. The van der Waals surface area contributed by atoms with Crippen molar-refractivity contribution in [2.45, 2.75) is 26.2 Å². The molecule has 2 heteroatoms. The summed E-state index contributed by atoms with van der Waals surface area (Å²) in [4.78, 5) is 0. The molecule has 0 rings (SSSR count). The molecule has 0 unspecified atom stereocenters. The first-order valence-corrected chi connectivity index (χ1v) is 3.94. The van der Waals surface area contributed by atoms with Gasteiger partial charge in [-0.05, 0) is 6.42 Å². The number of ether oxygens (including phenoxy) is 2. The first kappa shape index (κ1) is 10.5. The molecule has 0 saturated carbocycles. The summed E-state index contributed by atoms with van der Waals surface area (Å²) in [6.07, 6.45) is 3.36. The van der Waals surface area contributed by atoms with Crippen LogP contribution in [0, 0.1) is 11.8 Å². The zero-order valence-corrected chi connectivity index (χ0v) is 7.35. The van der Waals surface area contributed by atoms with Crippen LogP contribution >= 0.6 is 0 Å². The third-order valence-electron chi connectivity index (χ3n) is 1.16. The molecule has 0 fully saturated rings. The molecule has 0 N–H and O–H groups in total. The molecule has 0 aliphatic carbocycles. The average molecular weight is 156 g/mol. The Morgan fingerprint density at radius 3 is 2.73 bits per heavy atom. The summed E-state index contributed by atoms with van der Waals surface area (Å²) in [6, 6.07) is 0. The zero-order chi connectivity index (χ0) is 8.36. The van der Waals surface area contributed by atoms with Crippen molar-refractivity contribution in [3.8, 4) is 11.8 Å². The fourth-order valence-electron chi connectivity index (χ4n) is 0.581. The minimum absolute atomic E-state index is 0.336. The molecule has 0 heterocycles. The molecule has 0 aromatic heterocycles. The fourth-order valence-corrected chi connectivity index (χ4v) is 0.581. The van der Waals surface area contributed by atoms with E-state index in [0.29, 0.717) is 13.4 Å². The summed E-state index contributed by atoms with van der Waals surface area (Å²) in [5, 5.41) is 0. The second-order valence-electron chi connectivity index (χ2n) is 2.21. The standard InChI is InChI=1S/C9H16O2/c1-3-4-5-6-7-8-11-9-10-2/h3-5,8-9H2,1-2H3. The van der Waals surface area contributed by atoms with E-state index in [4.69, 9.17) is 4.74 Å². The predicted octanol–water partition coefficient (Wildman–Crippen LogP) is 1.80. The van der Waals surface area contributed by atoms with Gasteiger partial charge in [-0.3, -0.25) is 0 Å². The van der Waals surface area contributed by atoms with Gasteiger partial charge in [0.05, 0.1) is 0 Å². The highest BCUT2D eigenvalue weighted by Crippen LogP contribution is 1.89. The van der Waals surface area contributed by atoms with Gasteiger partial charge in [-0.25, -0.2) is 0 Å². The van der Waals surface area contributed by atoms with Gasteiger partial charge in [0.1, 0.15) is 13.4 Å². The maximum absolute atomic E-state index is 4.97. The van der Waals surface area contributed by atoms with Crippen molar-refractivity contribution >= 4 is 0 Å². The predicted molar refractivity (Wildman–Crippen MR) is 45.1 cm³/mol. The molecule has 0 radical (unpaired) electrons. The van der Waals surface area contributed by atoms with Crippen LogP contribution in [0.25, 0.3) is 0 Å². The number of hydrogen-bond acceptors (Lipinski definition) is 2. The van der Waals surface area contributed by atoms with E-state index in [-0.39, 0.29) is 0 Å². The molecule has 0 aliphatic rings. The van der Waals surface area contributed by atoms with E-state index >= 15 is 0 Å². The Hall–Kier alpha value is -0.520. The van der Waals surface area contributed by atoms with Gasteiger partial charge < -0.3 is 9.47 Å². The summed E-state index contributed by atoms with van der Waals surface area (Å²) in [5.74, 6) is 5.92. The number of unbranched alkanes of at least 4 members (excludes halogenated alkanes) is 2. The maximum Gasteiger partial charge on any atom is 0.147 e. The van der Waals surface area contributed by atoms with Crippen LogP contribution in [0.2, 0.25) is 0 Å². The molecule has 0 aromatic carbocycles. The molecular formula is C9H16O2. The van der Waals surface area contributed by atoms with Crippen LogP contribution in [0.1, 0.15) is 26.2 Å². The smallest absolute Gasteiger partial charge is 0.147 e. The second-order valence-corrected chi connectivity index (χ2v) is 2.21. The molecule has 0 saturated heterocycles. The van der Waals surface area contributed by atoms with Crippen molar-refractivity contribution in [1.29, 1.82) is 0 Å². The van der Waals surface area contributed by atoms with Crippen molar-refractivity contribution in [2.75, 3.05) is 20.5 Å². The van der Waals surface area contributed by atoms with E-state index in [2.05, 4.69) is 23.5 Å². The monoisotopic (exact) mass is 156 g/mol. The lowest BCUT2D eigenvalue weighted by Crippen LogP contribution is -1.95. The molecule has 0 aliphatic heterocycles. The van der Waals surface area contributed by atoms with Gasteiger partial charge in [-0.15, -0.1) is 5.92 Å². The minimum Gasteiger partial charge on any atom is -0.359 e. The van der Waals surface area contributed by atoms with E-state index in [1.807, 2.05) is 0 Å². The Kier molecular flexibility index (Phi) is 9.03. The molecule has 0 aromatic rings. The lowest BCUT2D eigenvalue weighted by atomic mass is 10.2. The number of methoxy groups -OCH3 is 1. The quantitative estimate of drug-likeness (QED) is 0.343. The molecular weight excluding hydrogens is 140 g/mol. The Bertz CT molecular complexity index is 121. The fraction of sp³-hybridized carbons (Fsp3) is 0.778. The van der Waals surface area contributed by atoms with Gasteiger partial charge in [0.25, 0.3) is 0 Å². The largest absolute Gasteiger partial charge is 0.359 e. The third-order valence-corrected chi connectivity index (χ3v) is 1.16. The normalized spacial score (nSPS) is 8.91. The Labute approximate surface area is 68.9 Å². The Morgan fingerprint density at radius 1 is 1.27 bits per heavy atom. The average Bonchev–Trinajstić information content (AvgIpc) is 2.03. The summed E-state index contributed by atoms with van der Waals surface area (Å²) >= 11 is 0. The van der Waals surface area contributed by atoms with Crippen molar-refractivity contribution < 1.29 is 9.47 Å². The van der Waals surface area contributed by atoms with E-state index in [1.165, 1.54) is 12.8 Å². The second kappa shape index (κ2) is 9.48. The maximum atomic E-state index is 4.97. The van der Waals surface area contributed by atoms with Crippen LogP contribution in [0.15, 0.2) is 0 Å². The summed E-state index contributed by atoms with van der Waals surface area (Å²) in [6.45, 7) is 2.98. The van der Waals surface area contributed by atoms with Gasteiger partial charge in [-0.2, -0.15) is 0 Å². The lowest BCUT2D eigenvalue weighted by Gasteiger charge is -1.94. The highest BCUT2D eigenvalue weighted by Gasteiger charge is 1.78. The molecule has 64 valence electrons. The Morgan fingerprint density at radius 2 is 2.09 bits per heavy atom. The van der Waals surface area contributed by atoms with E-state index in [9.17, 15) is 0 Å². The summed E-state index contributed by atoms with van der Waals surface area (Å²) in [5.41, 5.74) is 0. The van der Waals surface area contributed by atoms with Crippen LogP contribution in [0.3, 0.4) is 0 Å². The summed E-state index contributed by atoms with van der Waals surface area (Å²) in [7, 11) is 1.60. The van der Waals surface area contributed by atoms with E-state index < -0.39 is 0 Å². The third kappa shape index (κ3) is 9.48. The first-order valence-electron chi connectivity index (χ1n) is 3.94. The van der Waals surface area contributed by atoms with E-state index in [0.717, 1.165) is 6.42 Å². The van der Waals surface area contributed by atoms with Crippen molar-refractivity contribution in [3.63, 3.8) is 0 Å². The van der Waals surface area contributed by atoms with Gasteiger partial charge in [0.2, 0.25) is 0 Å². The van der Waals surface area contributed by atoms with Crippen LogP contribution in [0.4, 0.5) is 0 Å². The lowest BCUT2D eigenvalue weighted by molar-refractivity contribution is -0.0166. The molecule has 0 spiro atoms. The zero-order valence-electron chi connectivity index (χ0n) is 7.35. The van der Waals surface area contributed by atoms with Gasteiger partial charge >= 0.3 is 0 Å². The van der Waals surface area contributed by atoms with E-state index in [1.54, 1.807) is 7.11 Å². The SMILES string of the molecule is CCCCC#CCOCOC. The van der Waals surface area contributed by atoms with Crippen LogP contribution in [0.5, 0.6) is 0 Å². The summed E-state index contributed by atoms with van der Waals surface area (Å²) < 4.78 is 9.65. The molecule has 11 heavy (non-hydrogen) atoms. The molecule has 2 nitrogen and oxygen atoms in total. The van der Waals surface area contributed by atoms with Crippen molar-refractivity contribution in [3.05, 3.63) is 0 Å². The minimum atomic E-state index is 0.336. The number of hydrogen-bond donors (Lipinski definition) is 0. The molecule has 0 bridgehead atoms. The highest BCUT2D eigenvalue weighted by molar-refractivity contribution is 4.98. The van der Waals surface area contributed by atoms with Gasteiger partial charge in [-0.1, -0.05) is 19.3 Å². The topological polar surface area (TPSA) is 18.5 Å². The van der Waals surface area contributed by atoms with Crippen molar-refractivity contribution in [1.82, 2.24) is 0 Å². The van der Waals surface area contributed by atoms with Crippen LogP contribution in [-0.4, -0.2) is 20.5 Å². The highest BCUT2D eigenvalue weighted by atomic mass is 16.7. The molecule has 0 amide bonds. The Balaban J connectivity index is 2.99. The van der Waals surface area contributed by atoms with Crippen LogP contribution in [-0.2, 0) is 9.47 Å². The van der Waals surface area contributed by atoms with Crippen molar-refractivity contribution in [2.24, 2.45) is 0 Å². The number of rotatable bonds is 5. The van der Waals surface area contributed by atoms with Gasteiger partial charge in [0.15, 0.2) is 0 Å². The molecule has 0 atom stereocenters. The van der Waals surface area contributed by atoms with Crippen LogP contribution < -0.4 is 0 Å².